The van der Waals surface area contributed by atoms with E-state index in [-0.39, 0.29) is 6.04 Å². The van der Waals surface area contributed by atoms with Crippen molar-refractivity contribution in [2.24, 2.45) is 0 Å². The minimum Gasteiger partial charge on any atom is -0.361 e. The molecule has 0 aliphatic heterocycles. The van der Waals surface area contributed by atoms with Crippen LogP contribution in [0.3, 0.4) is 0 Å². The highest BCUT2D eigenvalue weighted by molar-refractivity contribution is 6.03. The van der Waals surface area contributed by atoms with E-state index in [0.29, 0.717) is 23.9 Å². The van der Waals surface area contributed by atoms with Crippen molar-refractivity contribution in [3.63, 3.8) is 0 Å². The molecular weight excluding hydrogens is 357 g/mol. The van der Waals surface area contributed by atoms with E-state index in [4.69, 9.17) is 9.51 Å². The van der Waals surface area contributed by atoms with Crippen molar-refractivity contribution >= 4 is 21.9 Å². The molecular formula is C21H18FN5O. The summed E-state index contributed by atoms with van der Waals surface area (Å²) in [5.74, 6) is 1.47. The molecule has 28 heavy (non-hydrogen) atoms. The molecule has 0 radical (unpaired) electrons. The number of benzene rings is 1. The molecule has 3 heterocycles. The van der Waals surface area contributed by atoms with Gasteiger partial charge >= 0.3 is 0 Å². The van der Waals surface area contributed by atoms with E-state index < -0.39 is 6.17 Å². The molecule has 0 N–H and O–H groups in total. The number of hydrogen-bond acceptors (Lipinski definition) is 5. The Kier molecular flexibility index (Phi) is 3.86. The fourth-order valence-corrected chi connectivity index (χ4v) is 4.23. The van der Waals surface area contributed by atoms with Gasteiger partial charge in [0.05, 0.1) is 47.0 Å². The molecule has 0 saturated heterocycles. The minimum atomic E-state index is -0.919. The number of aryl methyl sites for hydroxylation is 1. The summed E-state index contributed by atoms with van der Waals surface area (Å²) in [4.78, 5) is 9.25. The molecule has 6 nitrogen and oxygen atoms in total. The Morgan fingerprint density at radius 3 is 2.89 bits per heavy atom. The highest BCUT2D eigenvalue weighted by atomic mass is 19.1. The summed E-state index contributed by atoms with van der Waals surface area (Å²) in [5.41, 5.74) is 3.62. The van der Waals surface area contributed by atoms with Gasteiger partial charge in [0.25, 0.3) is 0 Å². The van der Waals surface area contributed by atoms with Crippen molar-refractivity contribution in [1.29, 1.82) is 5.26 Å². The van der Waals surface area contributed by atoms with Crippen LogP contribution < -0.4 is 0 Å². The fourth-order valence-electron chi connectivity index (χ4n) is 4.23. The molecule has 5 rings (SSSR count). The van der Waals surface area contributed by atoms with Crippen LogP contribution in [0.4, 0.5) is 4.39 Å². The molecule has 1 fully saturated rings. The number of aromatic nitrogens is 4. The lowest BCUT2D eigenvalue weighted by molar-refractivity contribution is 0.264. The maximum absolute atomic E-state index is 14.8. The molecule has 1 saturated carbocycles. The second kappa shape index (κ2) is 6.41. The second-order valence-corrected chi connectivity index (χ2v) is 7.35. The number of hydrogen-bond donors (Lipinski definition) is 0. The van der Waals surface area contributed by atoms with Gasteiger partial charge in [0.15, 0.2) is 0 Å². The van der Waals surface area contributed by atoms with E-state index in [9.17, 15) is 9.65 Å². The number of alkyl halides is 1. The summed E-state index contributed by atoms with van der Waals surface area (Å²) < 4.78 is 22.0. The normalized spacial score (nSPS) is 19.5. The van der Waals surface area contributed by atoms with E-state index in [2.05, 4.69) is 16.2 Å². The molecule has 4 aromatic rings. The highest BCUT2D eigenvalue weighted by Gasteiger charge is 2.32. The molecule has 0 amide bonds. The predicted octanol–water partition coefficient (Wildman–Crippen LogP) is 4.41. The molecule has 2 atom stereocenters. The first kappa shape index (κ1) is 16.9. The van der Waals surface area contributed by atoms with Gasteiger partial charge in [-0.25, -0.2) is 9.37 Å². The van der Waals surface area contributed by atoms with Gasteiger partial charge in [-0.05, 0) is 44.4 Å². The number of imidazole rings is 1. The first-order valence-electron chi connectivity index (χ1n) is 9.40. The summed E-state index contributed by atoms with van der Waals surface area (Å²) >= 11 is 0. The van der Waals surface area contributed by atoms with Gasteiger partial charge in [-0.1, -0.05) is 5.16 Å². The smallest absolute Gasteiger partial charge is 0.133 e. The predicted molar refractivity (Wildman–Crippen MR) is 102 cm³/mol. The van der Waals surface area contributed by atoms with Crippen molar-refractivity contribution in [2.75, 3.05) is 0 Å². The largest absolute Gasteiger partial charge is 0.361 e. The third-order valence-corrected chi connectivity index (χ3v) is 5.46. The topological polar surface area (TPSA) is 80.5 Å². The standard InChI is InChI=1S/C21H18FN5O/c1-12-7-14(26-28-12)9-20-25-18-11-24-17-6-5-13(10-23)8-15(17)21(18)27(20)19-4-2-3-16(19)22/h5-8,11,16,19H,2-4,9H2,1H3/t16-,19+/m1/s1. The van der Waals surface area contributed by atoms with Gasteiger partial charge < -0.3 is 9.09 Å². The van der Waals surface area contributed by atoms with Gasteiger partial charge in [-0.2, -0.15) is 5.26 Å². The zero-order valence-electron chi connectivity index (χ0n) is 15.4. The highest BCUT2D eigenvalue weighted by Crippen LogP contribution is 2.38. The number of pyridine rings is 1. The fraction of sp³-hybridized carbons (Fsp3) is 0.333. The Labute approximate surface area is 160 Å². The Hall–Kier alpha value is -3.27. The zero-order valence-corrected chi connectivity index (χ0v) is 15.4. The van der Waals surface area contributed by atoms with E-state index in [1.165, 1.54) is 0 Å². The Balaban J connectivity index is 1.79. The molecule has 1 aliphatic carbocycles. The average molecular weight is 375 g/mol. The molecule has 140 valence electrons. The molecule has 0 bridgehead atoms. The Bertz CT molecular complexity index is 1240. The zero-order chi connectivity index (χ0) is 19.3. The Morgan fingerprint density at radius 1 is 1.29 bits per heavy atom. The van der Waals surface area contributed by atoms with Crippen LogP contribution in [0.5, 0.6) is 0 Å². The van der Waals surface area contributed by atoms with E-state index >= 15 is 0 Å². The van der Waals surface area contributed by atoms with Crippen molar-refractivity contribution in [3.05, 3.63) is 53.3 Å². The van der Waals surface area contributed by atoms with Crippen LogP contribution in [0.15, 0.2) is 35.0 Å². The van der Waals surface area contributed by atoms with E-state index in [1.807, 2.05) is 29.7 Å². The molecule has 1 aromatic carbocycles. The molecule has 3 aromatic heterocycles. The Morgan fingerprint density at radius 2 is 2.18 bits per heavy atom. The van der Waals surface area contributed by atoms with Crippen LogP contribution in [-0.4, -0.2) is 25.9 Å². The van der Waals surface area contributed by atoms with Crippen LogP contribution >= 0.6 is 0 Å². The van der Waals surface area contributed by atoms with Gasteiger partial charge in [-0.3, -0.25) is 4.98 Å². The maximum atomic E-state index is 14.8. The van der Waals surface area contributed by atoms with Crippen LogP contribution in [0.1, 0.15) is 48.1 Å². The van der Waals surface area contributed by atoms with E-state index in [0.717, 1.165) is 46.5 Å². The number of fused-ring (bicyclic) bond motifs is 3. The van der Waals surface area contributed by atoms with Gasteiger partial charge in [0.2, 0.25) is 0 Å². The third-order valence-electron chi connectivity index (χ3n) is 5.46. The number of nitriles is 1. The van der Waals surface area contributed by atoms with Crippen molar-refractivity contribution in [1.82, 2.24) is 19.7 Å². The summed E-state index contributed by atoms with van der Waals surface area (Å²) in [6, 6.07) is 9.16. The second-order valence-electron chi connectivity index (χ2n) is 7.35. The maximum Gasteiger partial charge on any atom is 0.133 e. The van der Waals surface area contributed by atoms with Gasteiger partial charge in [0.1, 0.15) is 23.3 Å². The number of rotatable bonds is 3. The summed E-state index contributed by atoms with van der Waals surface area (Å²) in [5, 5.41) is 14.2. The summed E-state index contributed by atoms with van der Waals surface area (Å²) in [6.45, 7) is 1.84. The lowest BCUT2D eigenvalue weighted by atomic mass is 10.1. The first-order chi connectivity index (χ1) is 13.6. The van der Waals surface area contributed by atoms with Gasteiger partial charge in [0, 0.05) is 11.5 Å². The minimum absolute atomic E-state index is 0.274. The van der Waals surface area contributed by atoms with Crippen molar-refractivity contribution in [2.45, 2.75) is 44.8 Å². The van der Waals surface area contributed by atoms with Crippen LogP contribution in [0.2, 0.25) is 0 Å². The van der Waals surface area contributed by atoms with Crippen LogP contribution in [0, 0.1) is 18.3 Å². The summed E-state index contributed by atoms with van der Waals surface area (Å²) in [6.07, 6.45) is 3.42. The van der Waals surface area contributed by atoms with Crippen LogP contribution in [0.25, 0.3) is 21.9 Å². The number of halogens is 1. The SMILES string of the molecule is Cc1cc(Cc2nc3cnc4ccc(C#N)cc4c3n2[C@H]2CCC[C@H]2F)no1. The lowest BCUT2D eigenvalue weighted by Crippen LogP contribution is -2.17. The first-order valence-corrected chi connectivity index (χ1v) is 9.40. The lowest BCUT2D eigenvalue weighted by Gasteiger charge is -2.19. The van der Waals surface area contributed by atoms with E-state index in [1.54, 1.807) is 12.3 Å². The third kappa shape index (κ3) is 2.64. The molecule has 1 aliphatic rings. The quantitative estimate of drug-likeness (QED) is 0.530. The van der Waals surface area contributed by atoms with Crippen LogP contribution in [-0.2, 0) is 6.42 Å². The van der Waals surface area contributed by atoms with Gasteiger partial charge in [-0.15, -0.1) is 0 Å². The molecule has 7 heteroatoms. The summed E-state index contributed by atoms with van der Waals surface area (Å²) in [7, 11) is 0. The number of nitrogens with zero attached hydrogens (tertiary/aromatic N) is 5. The average Bonchev–Trinajstić information content (AvgIpc) is 3.39. The molecule has 0 unspecified atom stereocenters. The molecule has 0 spiro atoms. The van der Waals surface area contributed by atoms with Crippen molar-refractivity contribution in [3.8, 4) is 6.07 Å². The monoisotopic (exact) mass is 375 g/mol. The van der Waals surface area contributed by atoms with Crippen molar-refractivity contribution < 1.29 is 8.91 Å².